The fourth-order valence-electron chi connectivity index (χ4n) is 4.46. The number of hydrogen-bond donors (Lipinski definition) is 1. The van der Waals surface area contributed by atoms with Crippen molar-refractivity contribution in [3.8, 4) is 0 Å². The predicted molar refractivity (Wildman–Crippen MR) is 109 cm³/mol. The molecule has 1 aromatic heterocycles. The summed E-state index contributed by atoms with van der Waals surface area (Å²) in [6.45, 7) is 0.715. The van der Waals surface area contributed by atoms with E-state index >= 15 is 0 Å². The Hall–Kier alpha value is -2.69. The summed E-state index contributed by atoms with van der Waals surface area (Å²) in [5.74, 6) is 0.191. The molecule has 0 radical (unpaired) electrons. The summed E-state index contributed by atoms with van der Waals surface area (Å²) < 4.78 is 0. The summed E-state index contributed by atoms with van der Waals surface area (Å²) in [6, 6.07) is 15.1. The average molecular weight is 391 g/mol. The minimum Gasteiger partial charge on any atom is -0.376 e. The molecule has 28 heavy (non-hydrogen) atoms. The van der Waals surface area contributed by atoms with Gasteiger partial charge in [0.15, 0.2) is 0 Å². The highest BCUT2D eigenvalue weighted by molar-refractivity contribution is 6.30. The van der Waals surface area contributed by atoms with Gasteiger partial charge < -0.3 is 10.0 Å². The molecule has 4 nitrogen and oxygen atoms in total. The molecule has 0 saturated heterocycles. The zero-order valence-electron chi connectivity index (χ0n) is 15.2. The maximum absolute atomic E-state index is 12.2. The molecule has 2 aromatic carbocycles. The zero-order valence-corrected chi connectivity index (χ0v) is 16.0. The number of anilines is 1. The molecule has 2 aliphatic heterocycles. The van der Waals surface area contributed by atoms with Crippen LogP contribution in [0.5, 0.6) is 0 Å². The number of amides is 1. The highest BCUT2D eigenvalue weighted by Crippen LogP contribution is 2.43. The quantitative estimate of drug-likeness (QED) is 0.739. The number of pyridine rings is 1. The molecule has 2 aliphatic rings. The SMILES string of the molecule is O=C1CCc2cc(C(O)(c3cccnc3)c3cccc(Cl)c3)cc3c2N1CC3. The fraction of sp³-hybridized carbons (Fsp3) is 0.217. The number of aryl methyl sites for hydroxylation is 1. The van der Waals surface area contributed by atoms with Gasteiger partial charge in [0.25, 0.3) is 0 Å². The lowest BCUT2D eigenvalue weighted by Crippen LogP contribution is -2.33. The van der Waals surface area contributed by atoms with Gasteiger partial charge in [0.1, 0.15) is 5.60 Å². The fourth-order valence-corrected chi connectivity index (χ4v) is 4.65. The summed E-state index contributed by atoms with van der Waals surface area (Å²) in [7, 11) is 0. The van der Waals surface area contributed by atoms with Gasteiger partial charge in [-0.2, -0.15) is 0 Å². The molecule has 3 aromatic rings. The Kier molecular flexibility index (Phi) is 4.00. The normalized spacial score (nSPS) is 17.4. The monoisotopic (exact) mass is 390 g/mol. The molecule has 1 atom stereocenters. The molecule has 1 N–H and O–H groups in total. The van der Waals surface area contributed by atoms with Crippen LogP contribution in [0.2, 0.25) is 5.02 Å². The third kappa shape index (κ3) is 2.56. The van der Waals surface area contributed by atoms with Crippen LogP contribution >= 0.6 is 11.6 Å². The standard InChI is InChI=1S/C23H19ClN2O2/c24-20-5-1-3-17(13-20)23(28,18-4-2-9-25-14-18)19-11-15-6-7-21(27)26-10-8-16(12-19)22(15)26/h1-5,9,11-14,28H,6-8,10H2. The smallest absolute Gasteiger partial charge is 0.227 e. The molecule has 140 valence electrons. The van der Waals surface area contributed by atoms with E-state index < -0.39 is 5.60 Å². The van der Waals surface area contributed by atoms with Gasteiger partial charge in [-0.15, -0.1) is 0 Å². The number of hydrogen-bond acceptors (Lipinski definition) is 3. The van der Waals surface area contributed by atoms with Crippen molar-refractivity contribution >= 4 is 23.2 Å². The van der Waals surface area contributed by atoms with Crippen LogP contribution in [0.3, 0.4) is 0 Å². The molecule has 0 aliphatic carbocycles. The van der Waals surface area contributed by atoms with Gasteiger partial charge in [-0.3, -0.25) is 9.78 Å². The topological polar surface area (TPSA) is 53.4 Å². The van der Waals surface area contributed by atoms with Gasteiger partial charge in [0.2, 0.25) is 5.91 Å². The molecule has 0 bridgehead atoms. The summed E-state index contributed by atoms with van der Waals surface area (Å²) in [4.78, 5) is 18.4. The summed E-state index contributed by atoms with van der Waals surface area (Å²) in [6.07, 6.45) is 5.40. The third-order valence-electron chi connectivity index (χ3n) is 5.79. The van der Waals surface area contributed by atoms with E-state index in [0.717, 1.165) is 28.8 Å². The van der Waals surface area contributed by atoms with Crippen LogP contribution in [0.4, 0.5) is 5.69 Å². The maximum atomic E-state index is 12.2. The number of halogens is 1. The van der Waals surface area contributed by atoms with Crippen molar-refractivity contribution in [2.45, 2.75) is 24.9 Å². The van der Waals surface area contributed by atoms with E-state index in [1.54, 1.807) is 24.5 Å². The number of nitrogens with zero attached hydrogens (tertiary/aromatic N) is 2. The Bertz CT molecular complexity index is 1080. The number of carbonyl (C=O) groups is 1. The van der Waals surface area contributed by atoms with Crippen molar-refractivity contribution in [2.75, 3.05) is 11.4 Å². The summed E-state index contributed by atoms with van der Waals surface area (Å²) >= 11 is 6.25. The molecular formula is C23H19ClN2O2. The Morgan fingerprint density at radius 1 is 0.964 bits per heavy atom. The van der Waals surface area contributed by atoms with Gasteiger partial charge in [-0.05, 0) is 53.3 Å². The van der Waals surface area contributed by atoms with Crippen molar-refractivity contribution in [1.29, 1.82) is 0 Å². The third-order valence-corrected chi connectivity index (χ3v) is 6.03. The second kappa shape index (κ2) is 6.43. The van der Waals surface area contributed by atoms with Gasteiger partial charge in [0, 0.05) is 35.9 Å². The van der Waals surface area contributed by atoms with Crippen LogP contribution in [0.1, 0.15) is 34.2 Å². The maximum Gasteiger partial charge on any atom is 0.227 e. The van der Waals surface area contributed by atoms with E-state index in [1.807, 2.05) is 41.3 Å². The first-order valence-corrected chi connectivity index (χ1v) is 9.81. The first-order chi connectivity index (χ1) is 13.6. The number of aliphatic hydroxyl groups is 1. The van der Waals surface area contributed by atoms with Crippen molar-refractivity contribution in [1.82, 2.24) is 4.98 Å². The largest absolute Gasteiger partial charge is 0.376 e. The highest BCUT2D eigenvalue weighted by atomic mass is 35.5. The molecule has 3 heterocycles. The van der Waals surface area contributed by atoms with Gasteiger partial charge in [-0.25, -0.2) is 0 Å². The first kappa shape index (κ1) is 17.4. The Morgan fingerprint density at radius 3 is 2.50 bits per heavy atom. The van der Waals surface area contributed by atoms with Crippen molar-refractivity contribution < 1.29 is 9.90 Å². The molecular weight excluding hydrogens is 372 g/mol. The first-order valence-electron chi connectivity index (χ1n) is 9.43. The number of carbonyl (C=O) groups excluding carboxylic acids is 1. The Balaban J connectivity index is 1.75. The van der Waals surface area contributed by atoms with Crippen LogP contribution in [0.15, 0.2) is 60.9 Å². The molecule has 0 spiro atoms. The minimum atomic E-state index is -1.38. The lowest BCUT2D eigenvalue weighted by atomic mass is 9.79. The van der Waals surface area contributed by atoms with Crippen LogP contribution in [0.25, 0.3) is 0 Å². The second-order valence-electron chi connectivity index (χ2n) is 7.40. The summed E-state index contributed by atoms with van der Waals surface area (Å²) in [5.41, 5.74) is 4.07. The molecule has 5 heteroatoms. The second-order valence-corrected chi connectivity index (χ2v) is 7.84. The molecule has 5 rings (SSSR count). The zero-order chi connectivity index (χ0) is 19.3. The van der Waals surface area contributed by atoms with Crippen molar-refractivity contribution in [3.05, 3.63) is 93.8 Å². The lowest BCUT2D eigenvalue weighted by molar-refractivity contribution is -0.118. The van der Waals surface area contributed by atoms with Crippen LogP contribution in [-0.2, 0) is 23.2 Å². The summed E-state index contributed by atoms with van der Waals surface area (Å²) in [5, 5.41) is 12.6. The van der Waals surface area contributed by atoms with E-state index in [1.165, 1.54) is 0 Å². The van der Waals surface area contributed by atoms with Crippen LogP contribution in [-0.4, -0.2) is 22.5 Å². The van der Waals surface area contributed by atoms with Gasteiger partial charge >= 0.3 is 0 Å². The van der Waals surface area contributed by atoms with E-state index in [2.05, 4.69) is 4.98 Å². The molecule has 1 amide bonds. The van der Waals surface area contributed by atoms with Crippen molar-refractivity contribution in [3.63, 3.8) is 0 Å². The highest BCUT2D eigenvalue weighted by Gasteiger charge is 2.38. The van der Waals surface area contributed by atoms with Crippen LogP contribution in [0, 0.1) is 0 Å². The van der Waals surface area contributed by atoms with E-state index in [9.17, 15) is 9.90 Å². The minimum absolute atomic E-state index is 0.191. The molecule has 1 unspecified atom stereocenters. The predicted octanol–water partition coefficient (Wildman–Crippen LogP) is 3.85. The number of benzene rings is 2. The van der Waals surface area contributed by atoms with E-state index in [-0.39, 0.29) is 5.91 Å². The van der Waals surface area contributed by atoms with Gasteiger partial charge in [-0.1, -0.05) is 41.9 Å². The number of aromatic nitrogens is 1. The Morgan fingerprint density at radius 2 is 1.75 bits per heavy atom. The lowest BCUT2D eigenvalue weighted by Gasteiger charge is -2.32. The van der Waals surface area contributed by atoms with E-state index in [4.69, 9.17) is 11.6 Å². The van der Waals surface area contributed by atoms with Crippen LogP contribution < -0.4 is 4.90 Å². The molecule has 0 fully saturated rings. The molecule has 0 saturated carbocycles. The Labute approximate surface area is 168 Å². The van der Waals surface area contributed by atoms with E-state index in [0.29, 0.717) is 35.5 Å². The van der Waals surface area contributed by atoms with Crippen molar-refractivity contribution in [2.24, 2.45) is 0 Å². The number of rotatable bonds is 3. The van der Waals surface area contributed by atoms with Gasteiger partial charge in [0.05, 0.1) is 5.69 Å². The average Bonchev–Trinajstić information content (AvgIpc) is 3.16.